The fourth-order valence-corrected chi connectivity index (χ4v) is 1.20. The number of hydrogen-bond donors (Lipinski definition) is 0. The van der Waals surface area contributed by atoms with Gasteiger partial charge in [-0.1, -0.05) is 39.0 Å². The van der Waals surface area contributed by atoms with Crippen molar-refractivity contribution >= 4 is 6.47 Å². The van der Waals surface area contributed by atoms with Gasteiger partial charge < -0.3 is 4.74 Å². The Labute approximate surface area is 81.0 Å². The van der Waals surface area contributed by atoms with Gasteiger partial charge in [0.25, 0.3) is 6.47 Å². The van der Waals surface area contributed by atoms with Crippen LogP contribution in [0.2, 0.25) is 0 Å². The molecule has 13 heavy (non-hydrogen) atoms. The molecular weight excluding hydrogens is 164 g/mol. The lowest BCUT2D eigenvalue weighted by Gasteiger charge is -1.97. The minimum absolute atomic E-state index is 0.442. The Hall–Kier alpha value is -0.790. The molecule has 0 saturated carbocycles. The highest BCUT2D eigenvalue weighted by atomic mass is 16.5. The lowest BCUT2D eigenvalue weighted by molar-refractivity contribution is -0.123. The van der Waals surface area contributed by atoms with Crippen molar-refractivity contribution in [2.24, 2.45) is 0 Å². The molecule has 0 aliphatic heterocycles. The van der Waals surface area contributed by atoms with Gasteiger partial charge in [0.1, 0.15) is 0 Å². The van der Waals surface area contributed by atoms with E-state index in [1.807, 2.05) is 6.08 Å². The fourth-order valence-electron chi connectivity index (χ4n) is 1.20. The molecule has 0 unspecified atom stereocenters. The highest BCUT2D eigenvalue weighted by Crippen LogP contribution is 2.06. The van der Waals surface area contributed by atoms with Gasteiger partial charge in [-0.05, 0) is 18.9 Å². The number of carbonyl (C=O) groups is 1. The molecule has 0 aliphatic carbocycles. The van der Waals surface area contributed by atoms with E-state index in [9.17, 15) is 4.79 Å². The minimum Gasteiger partial charge on any atom is -0.437 e. The monoisotopic (exact) mass is 184 g/mol. The molecule has 0 saturated heterocycles. The smallest absolute Gasteiger partial charge is 0.297 e. The van der Waals surface area contributed by atoms with E-state index in [4.69, 9.17) is 0 Å². The molecule has 0 spiro atoms. The second kappa shape index (κ2) is 11.2. The molecule has 0 aromatic rings. The van der Waals surface area contributed by atoms with Crippen LogP contribution in [-0.4, -0.2) is 6.47 Å². The summed E-state index contributed by atoms with van der Waals surface area (Å²) < 4.78 is 4.42. The summed E-state index contributed by atoms with van der Waals surface area (Å²) in [5, 5.41) is 0. The number of allylic oxidation sites excluding steroid dienone is 1. The number of carbonyl (C=O) groups excluding carboxylic acids is 1. The first-order valence-electron chi connectivity index (χ1n) is 5.16. The van der Waals surface area contributed by atoms with Crippen LogP contribution in [0.4, 0.5) is 0 Å². The largest absolute Gasteiger partial charge is 0.437 e. The maximum absolute atomic E-state index is 9.74. The minimum atomic E-state index is 0.442. The molecule has 0 amide bonds. The first-order chi connectivity index (χ1) is 6.41. The van der Waals surface area contributed by atoms with Crippen LogP contribution in [0.3, 0.4) is 0 Å². The van der Waals surface area contributed by atoms with Gasteiger partial charge in [-0.25, -0.2) is 0 Å². The molecule has 0 fully saturated rings. The molecule has 0 bridgehead atoms. The summed E-state index contributed by atoms with van der Waals surface area (Å²) in [6.07, 6.45) is 12.2. The van der Waals surface area contributed by atoms with Crippen LogP contribution in [0.25, 0.3) is 0 Å². The SMILES string of the molecule is CCCCCCCC/C=C/OC=O. The van der Waals surface area contributed by atoms with Gasteiger partial charge in [0.05, 0.1) is 6.26 Å². The van der Waals surface area contributed by atoms with Gasteiger partial charge in [-0.2, -0.15) is 0 Å². The number of hydrogen-bond acceptors (Lipinski definition) is 2. The van der Waals surface area contributed by atoms with Crippen molar-refractivity contribution in [3.8, 4) is 0 Å². The average Bonchev–Trinajstić information content (AvgIpc) is 2.16. The third kappa shape index (κ3) is 11.2. The van der Waals surface area contributed by atoms with Crippen molar-refractivity contribution in [3.05, 3.63) is 12.3 Å². The molecule has 0 aromatic heterocycles. The topological polar surface area (TPSA) is 26.3 Å². The van der Waals surface area contributed by atoms with Crippen LogP contribution >= 0.6 is 0 Å². The quantitative estimate of drug-likeness (QED) is 0.312. The average molecular weight is 184 g/mol. The summed E-state index contributed by atoms with van der Waals surface area (Å²) >= 11 is 0. The zero-order valence-corrected chi connectivity index (χ0v) is 8.50. The number of rotatable bonds is 9. The van der Waals surface area contributed by atoms with E-state index in [0.29, 0.717) is 6.47 Å². The first kappa shape index (κ1) is 12.2. The molecule has 0 radical (unpaired) electrons. The van der Waals surface area contributed by atoms with Crippen molar-refractivity contribution in [1.29, 1.82) is 0 Å². The standard InChI is InChI=1S/C11H20O2/c1-2-3-4-5-6-7-8-9-10-13-11-12/h9-11H,2-8H2,1H3/b10-9+. The number of unbranched alkanes of at least 4 members (excludes halogenated alkanes) is 6. The molecule has 0 rings (SSSR count). The van der Waals surface area contributed by atoms with E-state index >= 15 is 0 Å². The lowest BCUT2D eigenvalue weighted by Crippen LogP contribution is -1.78. The third-order valence-corrected chi connectivity index (χ3v) is 1.95. The second-order valence-electron chi connectivity index (χ2n) is 3.16. The highest BCUT2D eigenvalue weighted by molar-refractivity contribution is 5.38. The Morgan fingerprint density at radius 2 is 1.77 bits per heavy atom. The molecule has 0 atom stereocenters. The molecule has 0 aliphatic rings. The van der Waals surface area contributed by atoms with Crippen LogP contribution in [-0.2, 0) is 9.53 Å². The van der Waals surface area contributed by atoms with Crippen LogP contribution < -0.4 is 0 Å². The Bertz CT molecular complexity index is 130. The summed E-state index contributed by atoms with van der Waals surface area (Å²) in [7, 11) is 0. The maximum Gasteiger partial charge on any atom is 0.297 e. The number of ether oxygens (including phenoxy) is 1. The van der Waals surface area contributed by atoms with Crippen molar-refractivity contribution in [2.75, 3.05) is 0 Å². The van der Waals surface area contributed by atoms with E-state index in [1.54, 1.807) is 0 Å². The van der Waals surface area contributed by atoms with Gasteiger partial charge in [0, 0.05) is 0 Å². The summed E-state index contributed by atoms with van der Waals surface area (Å²) in [5.74, 6) is 0. The van der Waals surface area contributed by atoms with Gasteiger partial charge in [-0.15, -0.1) is 0 Å². The fraction of sp³-hybridized carbons (Fsp3) is 0.727. The third-order valence-electron chi connectivity index (χ3n) is 1.95. The van der Waals surface area contributed by atoms with Gasteiger partial charge in [0.2, 0.25) is 0 Å². The van der Waals surface area contributed by atoms with Crippen LogP contribution in [0.1, 0.15) is 51.9 Å². The van der Waals surface area contributed by atoms with E-state index in [-0.39, 0.29) is 0 Å². The lowest BCUT2D eigenvalue weighted by atomic mass is 10.1. The van der Waals surface area contributed by atoms with Crippen molar-refractivity contribution in [2.45, 2.75) is 51.9 Å². The van der Waals surface area contributed by atoms with E-state index < -0.39 is 0 Å². The van der Waals surface area contributed by atoms with Crippen molar-refractivity contribution in [1.82, 2.24) is 0 Å². The Morgan fingerprint density at radius 3 is 2.46 bits per heavy atom. The van der Waals surface area contributed by atoms with Crippen molar-refractivity contribution < 1.29 is 9.53 Å². The summed E-state index contributed by atoms with van der Waals surface area (Å²) in [6.45, 7) is 2.66. The normalized spacial score (nSPS) is 10.5. The molecule has 2 heteroatoms. The van der Waals surface area contributed by atoms with Crippen LogP contribution in [0.15, 0.2) is 12.3 Å². The van der Waals surface area contributed by atoms with Gasteiger partial charge in [-0.3, -0.25) is 4.79 Å². The van der Waals surface area contributed by atoms with E-state index in [0.717, 1.165) is 6.42 Å². The van der Waals surface area contributed by atoms with Crippen LogP contribution in [0, 0.1) is 0 Å². The molecule has 76 valence electrons. The predicted molar refractivity (Wildman–Crippen MR) is 54.3 cm³/mol. The van der Waals surface area contributed by atoms with Crippen molar-refractivity contribution in [3.63, 3.8) is 0 Å². The van der Waals surface area contributed by atoms with E-state index in [2.05, 4.69) is 11.7 Å². The zero-order valence-electron chi connectivity index (χ0n) is 8.50. The molecule has 0 heterocycles. The zero-order chi connectivity index (χ0) is 9.78. The van der Waals surface area contributed by atoms with Gasteiger partial charge in [0.15, 0.2) is 0 Å². The Kier molecular flexibility index (Phi) is 10.5. The van der Waals surface area contributed by atoms with Gasteiger partial charge >= 0.3 is 0 Å². The second-order valence-corrected chi connectivity index (χ2v) is 3.16. The maximum atomic E-state index is 9.74. The first-order valence-corrected chi connectivity index (χ1v) is 5.16. The van der Waals surface area contributed by atoms with Crippen LogP contribution in [0.5, 0.6) is 0 Å². The molecule has 0 N–H and O–H groups in total. The predicted octanol–water partition coefficient (Wildman–Crippen LogP) is 3.42. The summed E-state index contributed by atoms with van der Waals surface area (Å²) in [4.78, 5) is 9.74. The summed E-state index contributed by atoms with van der Waals surface area (Å²) in [5.41, 5.74) is 0. The highest BCUT2D eigenvalue weighted by Gasteiger charge is 1.87. The van der Waals surface area contributed by atoms with E-state index in [1.165, 1.54) is 44.8 Å². The molecule has 0 aromatic carbocycles. The Balaban J connectivity index is 2.94. The Morgan fingerprint density at radius 1 is 1.08 bits per heavy atom. The molecular formula is C11H20O2. The summed E-state index contributed by atoms with van der Waals surface area (Å²) in [6, 6.07) is 0. The molecule has 2 nitrogen and oxygen atoms in total.